The minimum Gasteiger partial charge on any atom is -0.341 e. The number of amides is 1. The number of halogens is 3. The third-order valence-electron chi connectivity index (χ3n) is 7.05. The number of hydrogen-bond acceptors (Lipinski definition) is 2. The Labute approximate surface area is 177 Å². The van der Waals surface area contributed by atoms with Crippen LogP contribution in [0.1, 0.15) is 58.9 Å². The number of nitrogens with one attached hydrogen (secondary N) is 1. The number of aromatic nitrogens is 2. The van der Waals surface area contributed by atoms with Crippen LogP contribution in [0.4, 0.5) is 13.2 Å². The number of fused-ring (bicyclic) bond motifs is 3. The molecule has 7 heteroatoms. The van der Waals surface area contributed by atoms with Gasteiger partial charge in [0.05, 0.1) is 11.2 Å². The fourth-order valence-electron chi connectivity index (χ4n) is 5.21. The van der Waals surface area contributed by atoms with Crippen molar-refractivity contribution in [2.24, 2.45) is 5.92 Å². The number of carbonyl (C=O) groups is 1. The highest BCUT2D eigenvalue weighted by Gasteiger charge is 2.51. The van der Waals surface area contributed by atoms with Gasteiger partial charge in [-0.15, -0.1) is 0 Å². The van der Waals surface area contributed by atoms with Gasteiger partial charge in [0.25, 0.3) is 5.91 Å². The molecule has 2 fully saturated rings. The average Bonchev–Trinajstić information content (AvgIpc) is 3.21. The van der Waals surface area contributed by atoms with Gasteiger partial charge in [-0.05, 0) is 67.9 Å². The molecule has 158 valence electrons. The molecule has 0 saturated heterocycles. The lowest BCUT2D eigenvalue weighted by atomic mass is 9.71. The highest BCUT2D eigenvalue weighted by molar-refractivity contribution is 5.95. The Kier molecular flexibility index (Phi) is 3.88. The van der Waals surface area contributed by atoms with Gasteiger partial charge in [-0.2, -0.15) is 5.10 Å². The lowest BCUT2D eigenvalue weighted by molar-refractivity contribution is 0.0816. The van der Waals surface area contributed by atoms with Crippen LogP contribution in [-0.2, 0) is 12.0 Å². The molecule has 0 unspecified atom stereocenters. The first-order valence-electron chi connectivity index (χ1n) is 10.6. The smallest absolute Gasteiger partial charge is 0.272 e. The van der Waals surface area contributed by atoms with Crippen LogP contribution in [0.3, 0.4) is 0 Å². The monoisotopic (exact) mass is 423 g/mol. The fourth-order valence-corrected chi connectivity index (χ4v) is 5.21. The van der Waals surface area contributed by atoms with Gasteiger partial charge in [-0.3, -0.25) is 4.79 Å². The van der Waals surface area contributed by atoms with E-state index in [1.807, 2.05) is 6.07 Å². The van der Waals surface area contributed by atoms with Gasteiger partial charge in [0.1, 0.15) is 17.3 Å². The van der Waals surface area contributed by atoms with Crippen molar-refractivity contribution in [3.63, 3.8) is 0 Å². The molecule has 2 aromatic carbocycles. The summed E-state index contributed by atoms with van der Waals surface area (Å²) in [7, 11) is 0. The largest absolute Gasteiger partial charge is 0.341 e. The molecule has 6 rings (SSSR count). The quantitative estimate of drug-likeness (QED) is 0.658. The highest BCUT2D eigenvalue weighted by atomic mass is 19.1. The Morgan fingerprint density at radius 3 is 2.61 bits per heavy atom. The van der Waals surface area contributed by atoms with Gasteiger partial charge < -0.3 is 5.32 Å². The molecule has 3 aromatic rings. The van der Waals surface area contributed by atoms with Crippen molar-refractivity contribution in [2.45, 2.75) is 43.6 Å². The first-order valence-corrected chi connectivity index (χ1v) is 10.6. The van der Waals surface area contributed by atoms with Crippen LogP contribution in [0.25, 0.3) is 5.69 Å². The second kappa shape index (κ2) is 6.45. The van der Waals surface area contributed by atoms with Gasteiger partial charge in [-0.1, -0.05) is 12.1 Å². The van der Waals surface area contributed by atoms with Gasteiger partial charge in [-0.25, -0.2) is 17.9 Å². The molecule has 31 heavy (non-hydrogen) atoms. The number of hydrogen-bond donors (Lipinski definition) is 1. The van der Waals surface area contributed by atoms with Crippen molar-refractivity contribution in [2.75, 3.05) is 0 Å². The molecule has 2 saturated carbocycles. The molecule has 2 atom stereocenters. The summed E-state index contributed by atoms with van der Waals surface area (Å²) >= 11 is 0. The lowest BCUT2D eigenvalue weighted by Crippen LogP contribution is -2.51. The summed E-state index contributed by atoms with van der Waals surface area (Å²) in [6, 6.07) is 9.70. The SMILES string of the molecule is O=C(NC1(c2cccc(F)c2)CCC1)c1nn(-c2ccc(F)cc2F)c2c1C[C@H]1C[C@@H]21. The van der Waals surface area contributed by atoms with E-state index in [1.165, 1.54) is 28.9 Å². The van der Waals surface area contributed by atoms with Gasteiger partial charge in [0, 0.05) is 17.5 Å². The van der Waals surface area contributed by atoms with Gasteiger partial charge >= 0.3 is 0 Å². The Bertz CT molecular complexity index is 1230. The van der Waals surface area contributed by atoms with Crippen LogP contribution < -0.4 is 5.32 Å². The standard InChI is InChI=1S/C24H20F3N3O/c25-15-4-1-3-14(11-15)24(7-2-8-24)28-23(31)21-18-10-13-9-17(13)22(18)30(29-21)20-6-5-16(26)12-19(20)27/h1,3-6,11-13,17H,2,7-10H2,(H,28,31)/t13-,17-/m1/s1. The summed E-state index contributed by atoms with van der Waals surface area (Å²) in [6.07, 6.45) is 4.12. The first-order chi connectivity index (χ1) is 14.9. The molecular weight excluding hydrogens is 403 g/mol. The maximum atomic E-state index is 14.5. The molecule has 1 N–H and O–H groups in total. The zero-order valence-electron chi connectivity index (χ0n) is 16.7. The average molecular weight is 423 g/mol. The number of nitrogens with zero attached hydrogens (tertiary/aromatic N) is 2. The summed E-state index contributed by atoms with van der Waals surface area (Å²) in [5, 5.41) is 7.59. The summed E-state index contributed by atoms with van der Waals surface area (Å²) in [4.78, 5) is 13.3. The van der Waals surface area contributed by atoms with Crippen molar-refractivity contribution in [1.82, 2.24) is 15.1 Å². The lowest BCUT2D eigenvalue weighted by Gasteiger charge is -2.43. The van der Waals surface area contributed by atoms with Crippen LogP contribution in [0, 0.1) is 23.4 Å². The molecule has 4 nitrogen and oxygen atoms in total. The molecule has 3 aliphatic carbocycles. The van der Waals surface area contributed by atoms with Crippen LogP contribution in [0.15, 0.2) is 42.5 Å². The third kappa shape index (κ3) is 2.82. The van der Waals surface area contributed by atoms with Crippen LogP contribution in [0.2, 0.25) is 0 Å². The van der Waals surface area contributed by atoms with E-state index in [1.54, 1.807) is 6.07 Å². The summed E-state index contributed by atoms with van der Waals surface area (Å²) in [5.74, 6) is -1.33. The van der Waals surface area contributed by atoms with Crippen molar-refractivity contribution >= 4 is 5.91 Å². The van der Waals surface area contributed by atoms with Crippen molar-refractivity contribution in [3.8, 4) is 5.69 Å². The third-order valence-corrected chi connectivity index (χ3v) is 7.05. The zero-order chi connectivity index (χ0) is 21.3. The van der Waals surface area contributed by atoms with E-state index >= 15 is 0 Å². The van der Waals surface area contributed by atoms with Crippen molar-refractivity contribution in [1.29, 1.82) is 0 Å². The zero-order valence-corrected chi connectivity index (χ0v) is 16.7. The minimum atomic E-state index is -0.711. The van der Waals surface area contributed by atoms with E-state index in [4.69, 9.17) is 0 Å². The van der Waals surface area contributed by atoms with Gasteiger partial charge in [0.2, 0.25) is 0 Å². The number of rotatable bonds is 4. The van der Waals surface area contributed by atoms with E-state index < -0.39 is 17.2 Å². The molecule has 1 aromatic heterocycles. The van der Waals surface area contributed by atoms with Crippen LogP contribution >= 0.6 is 0 Å². The molecule has 1 heterocycles. The molecule has 1 amide bonds. The molecule has 0 spiro atoms. The Morgan fingerprint density at radius 2 is 1.90 bits per heavy atom. The predicted octanol–water partition coefficient (Wildman–Crippen LogP) is 4.76. The van der Waals surface area contributed by atoms with Crippen LogP contribution in [-0.4, -0.2) is 15.7 Å². The number of benzene rings is 2. The van der Waals surface area contributed by atoms with E-state index in [9.17, 15) is 18.0 Å². The summed E-state index contributed by atoms with van der Waals surface area (Å²) < 4.78 is 43.2. The minimum absolute atomic E-state index is 0.146. The second-order valence-corrected chi connectivity index (χ2v) is 8.93. The van der Waals surface area contributed by atoms with E-state index in [2.05, 4.69) is 10.4 Å². The summed E-state index contributed by atoms with van der Waals surface area (Å²) in [5.41, 5.74) is 2.26. The molecule has 0 bridgehead atoms. The predicted molar refractivity (Wildman–Crippen MR) is 107 cm³/mol. The Balaban J connectivity index is 1.39. The highest BCUT2D eigenvalue weighted by Crippen LogP contribution is 2.57. The van der Waals surface area contributed by atoms with E-state index in [0.717, 1.165) is 55.0 Å². The second-order valence-electron chi connectivity index (χ2n) is 8.93. The molecule has 3 aliphatic rings. The maximum absolute atomic E-state index is 14.5. The van der Waals surface area contributed by atoms with E-state index in [-0.39, 0.29) is 29.0 Å². The van der Waals surface area contributed by atoms with Crippen molar-refractivity contribution in [3.05, 3.63) is 82.4 Å². The number of carbonyl (C=O) groups excluding carboxylic acids is 1. The van der Waals surface area contributed by atoms with Crippen LogP contribution in [0.5, 0.6) is 0 Å². The molecule has 0 radical (unpaired) electrons. The Hall–Kier alpha value is -3.09. The molecular formula is C24H20F3N3O. The fraction of sp³-hybridized carbons (Fsp3) is 0.333. The summed E-state index contributed by atoms with van der Waals surface area (Å²) in [6.45, 7) is 0. The van der Waals surface area contributed by atoms with E-state index in [0.29, 0.717) is 5.92 Å². The first kappa shape index (κ1) is 18.7. The Morgan fingerprint density at radius 1 is 1.10 bits per heavy atom. The van der Waals surface area contributed by atoms with Crippen molar-refractivity contribution < 1.29 is 18.0 Å². The van der Waals surface area contributed by atoms with Gasteiger partial charge in [0.15, 0.2) is 11.5 Å². The topological polar surface area (TPSA) is 46.9 Å². The molecule has 0 aliphatic heterocycles. The maximum Gasteiger partial charge on any atom is 0.272 e. The normalized spacial score (nSPS) is 22.4.